The van der Waals surface area contributed by atoms with Crippen LogP contribution in [-0.2, 0) is 26.1 Å². The van der Waals surface area contributed by atoms with Crippen LogP contribution in [0.2, 0.25) is 0 Å². The number of hydrogen-bond donors (Lipinski definition) is 1. The molecule has 1 aromatic heterocycles. The van der Waals surface area contributed by atoms with Crippen molar-refractivity contribution in [2.24, 2.45) is 0 Å². The number of nitrogens with one attached hydrogen (secondary N) is 1. The molecule has 0 amide bonds. The third kappa shape index (κ3) is 5.08. The molecule has 2 rings (SSSR count). The summed E-state index contributed by atoms with van der Waals surface area (Å²) in [4.78, 5) is 24.0. The van der Waals surface area contributed by atoms with Crippen LogP contribution in [0.1, 0.15) is 33.4 Å². The molecule has 0 saturated heterocycles. The summed E-state index contributed by atoms with van der Waals surface area (Å²) in [5, 5.41) is 0. The molecule has 0 unspecified atom stereocenters. The summed E-state index contributed by atoms with van der Waals surface area (Å²) in [5.74, 6) is -1.21. The zero-order valence-corrected chi connectivity index (χ0v) is 14.5. The number of sulfonamides is 1. The van der Waals surface area contributed by atoms with Gasteiger partial charge in [0, 0.05) is 0 Å². The Hall–Kier alpha value is -2.81. The highest BCUT2D eigenvalue weighted by Crippen LogP contribution is 2.19. The van der Waals surface area contributed by atoms with Gasteiger partial charge < -0.3 is 13.9 Å². The van der Waals surface area contributed by atoms with Crippen LogP contribution >= 0.6 is 0 Å². The highest BCUT2D eigenvalue weighted by atomic mass is 32.2. The lowest BCUT2D eigenvalue weighted by atomic mass is 10.2. The van der Waals surface area contributed by atoms with Crippen molar-refractivity contribution < 1.29 is 31.9 Å². The fraction of sp³-hybridized carbons (Fsp3) is 0.250. The van der Waals surface area contributed by atoms with Crippen LogP contribution in [-0.4, -0.2) is 33.2 Å². The molecule has 0 fully saturated rings. The van der Waals surface area contributed by atoms with E-state index in [4.69, 9.17) is 13.9 Å². The van der Waals surface area contributed by atoms with Gasteiger partial charge >= 0.3 is 11.9 Å². The average Bonchev–Trinajstić information content (AvgIpc) is 3.00. The maximum atomic E-state index is 12.2. The van der Waals surface area contributed by atoms with Gasteiger partial charge in [-0.05, 0) is 25.1 Å². The van der Waals surface area contributed by atoms with Crippen molar-refractivity contribution >= 4 is 27.6 Å². The number of carbonyl (C=O) groups excluding carboxylic acids is 2. The van der Waals surface area contributed by atoms with Crippen molar-refractivity contribution in [1.82, 2.24) is 0 Å². The number of hydrogen-bond acceptors (Lipinski definition) is 7. The number of benzene rings is 1. The Balaban J connectivity index is 2.12. The van der Waals surface area contributed by atoms with Gasteiger partial charge in [-0.2, -0.15) is 0 Å². The van der Waals surface area contributed by atoms with E-state index in [-0.39, 0.29) is 35.8 Å². The summed E-state index contributed by atoms with van der Waals surface area (Å²) >= 11 is 0. The van der Waals surface area contributed by atoms with Gasteiger partial charge in [0.1, 0.15) is 5.56 Å². The maximum absolute atomic E-state index is 12.2. The van der Waals surface area contributed by atoms with Crippen LogP contribution in [0.15, 0.2) is 41.0 Å². The molecule has 0 radical (unpaired) electrons. The number of para-hydroxylation sites is 1. The van der Waals surface area contributed by atoms with Crippen LogP contribution in [0.5, 0.6) is 0 Å². The minimum atomic E-state index is -3.55. The lowest BCUT2D eigenvalue weighted by Gasteiger charge is -2.10. The van der Waals surface area contributed by atoms with Gasteiger partial charge in [0.2, 0.25) is 10.0 Å². The zero-order chi connectivity index (χ0) is 18.4. The minimum Gasteiger partial charge on any atom is -0.465 e. The van der Waals surface area contributed by atoms with E-state index in [0.717, 1.165) is 6.26 Å². The van der Waals surface area contributed by atoms with Gasteiger partial charge in [0.15, 0.2) is 12.4 Å². The second-order valence-corrected chi connectivity index (χ2v) is 6.72. The first-order chi connectivity index (χ1) is 11.8. The van der Waals surface area contributed by atoms with Gasteiger partial charge in [-0.3, -0.25) is 4.72 Å². The monoisotopic (exact) mass is 367 g/mol. The van der Waals surface area contributed by atoms with E-state index < -0.39 is 22.0 Å². The molecular weight excluding hydrogens is 350 g/mol. The van der Waals surface area contributed by atoms with E-state index in [1.54, 1.807) is 19.1 Å². The molecule has 1 heterocycles. The first-order valence-corrected chi connectivity index (χ1v) is 9.18. The molecule has 0 aliphatic rings. The molecule has 9 heteroatoms. The molecule has 1 aromatic carbocycles. The number of carbonyl (C=O) groups is 2. The Kier molecular flexibility index (Phi) is 5.81. The molecule has 8 nitrogen and oxygen atoms in total. The number of anilines is 1. The molecule has 134 valence electrons. The molecule has 0 atom stereocenters. The van der Waals surface area contributed by atoms with Crippen LogP contribution in [0.4, 0.5) is 5.69 Å². The molecular formula is C16H17NO7S. The second kappa shape index (κ2) is 7.84. The van der Waals surface area contributed by atoms with Crippen molar-refractivity contribution in [3.8, 4) is 0 Å². The van der Waals surface area contributed by atoms with Crippen LogP contribution in [0.3, 0.4) is 0 Å². The van der Waals surface area contributed by atoms with E-state index in [2.05, 4.69) is 4.72 Å². The Labute approximate surface area is 144 Å². The fourth-order valence-electron chi connectivity index (χ4n) is 2.00. The first-order valence-electron chi connectivity index (χ1n) is 7.29. The number of esters is 2. The van der Waals surface area contributed by atoms with Crippen LogP contribution in [0, 0.1) is 0 Å². The topological polar surface area (TPSA) is 112 Å². The van der Waals surface area contributed by atoms with Crippen molar-refractivity contribution in [3.63, 3.8) is 0 Å². The number of furan rings is 1. The van der Waals surface area contributed by atoms with Crippen LogP contribution in [0.25, 0.3) is 0 Å². The third-order valence-corrected chi connectivity index (χ3v) is 3.61. The Bertz CT molecular complexity index is 870. The van der Waals surface area contributed by atoms with E-state index in [1.807, 2.05) is 0 Å². The lowest BCUT2D eigenvalue weighted by molar-refractivity contribution is 0.0424. The molecule has 0 spiro atoms. The second-order valence-electron chi connectivity index (χ2n) is 4.97. The van der Waals surface area contributed by atoms with Crippen molar-refractivity contribution in [2.45, 2.75) is 13.5 Å². The van der Waals surface area contributed by atoms with Crippen molar-refractivity contribution in [3.05, 3.63) is 53.5 Å². The predicted molar refractivity (Wildman–Crippen MR) is 88.7 cm³/mol. The van der Waals surface area contributed by atoms with E-state index in [9.17, 15) is 18.0 Å². The molecule has 0 bridgehead atoms. The quantitative estimate of drug-likeness (QED) is 0.746. The predicted octanol–water partition coefficient (Wildman–Crippen LogP) is 2.18. The summed E-state index contributed by atoms with van der Waals surface area (Å²) in [7, 11) is -3.55. The highest BCUT2D eigenvalue weighted by Gasteiger charge is 2.19. The Morgan fingerprint density at radius 1 is 1.08 bits per heavy atom. The fourth-order valence-corrected chi connectivity index (χ4v) is 2.58. The number of ether oxygens (including phenoxy) is 2. The average molecular weight is 367 g/mol. The molecule has 0 aliphatic carbocycles. The van der Waals surface area contributed by atoms with Crippen LogP contribution < -0.4 is 4.72 Å². The molecule has 2 aromatic rings. The van der Waals surface area contributed by atoms with E-state index in [1.165, 1.54) is 24.5 Å². The summed E-state index contributed by atoms with van der Waals surface area (Å²) in [5.41, 5.74) is 0.300. The third-order valence-electron chi connectivity index (χ3n) is 3.02. The summed E-state index contributed by atoms with van der Waals surface area (Å²) in [6.07, 6.45) is 2.26. The summed E-state index contributed by atoms with van der Waals surface area (Å²) in [6, 6.07) is 7.43. The smallest absolute Gasteiger partial charge is 0.341 e. The Morgan fingerprint density at radius 3 is 2.44 bits per heavy atom. The first kappa shape index (κ1) is 18.5. The van der Waals surface area contributed by atoms with Crippen molar-refractivity contribution in [1.29, 1.82) is 0 Å². The zero-order valence-electron chi connectivity index (χ0n) is 13.6. The van der Waals surface area contributed by atoms with E-state index in [0.29, 0.717) is 0 Å². The summed E-state index contributed by atoms with van der Waals surface area (Å²) < 4.78 is 40.1. The van der Waals surface area contributed by atoms with Gasteiger partial charge in [0.25, 0.3) is 0 Å². The van der Waals surface area contributed by atoms with Gasteiger partial charge in [-0.25, -0.2) is 18.0 Å². The lowest BCUT2D eigenvalue weighted by Crippen LogP contribution is -2.15. The maximum Gasteiger partial charge on any atom is 0.341 e. The Morgan fingerprint density at radius 2 is 1.76 bits per heavy atom. The standard InChI is InChI=1S/C16H17NO7S/c1-3-22-16(19)12-8-9-23-14(12)10-24-15(18)11-6-4-5-7-13(11)17-25(2,20)21/h4-9,17H,3,10H2,1-2H3. The normalized spacial score (nSPS) is 11.0. The molecule has 0 aliphatic heterocycles. The van der Waals surface area contributed by atoms with Gasteiger partial charge in [-0.15, -0.1) is 0 Å². The van der Waals surface area contributed by atoms with Gasteiger partial charge in [0.05, 0.1) is 30.4 Å². The minimum absolute atomic E-state index is 0.0390. The van der Waals surface area contributed by atoms with Gasteiger partial charge in [-0.1, -0.05) is 12.1 Å². The largest absolute Gasteiger partial charge is 0.465 e. The highest BCUT2D eigenvalue weighted by molar-refractivity contribution is 7.92. The molecule has 1 N–H and O–H groups in total. The van der Waals surface area contributed by atoms with Crippen molar-refractivity contribution in [2.75, 3.05) is 17.6 Å². The molecule has 0 saturated carbocycles. The number of rotatable bonds is 7. The SMILES string of the molecule is CCOC(=O)c1ccoc1COC(=O)c1ccccc1NS(C)(=O)=O. The summed E-state index contributed by atoms with van der Waals surface area (Å²) in [6.45, 7) is 1.57. The van der Waals surface area contributed by atoms with E-state index >= 15 is 0 Å². The molecule has 25 heavy (non-hydrogen) atoms.